The molecule has 2 fully saturated rings. The Kier molecular flexibility index (Phi) is 6.62. The Morgan fingerprint density at radius 3 is 2.25 bits per heavy atom. The summed E-state index contributed by atoms with van der Waals surface area (Å²) >= 11 is 3.39. The summed E-state index contributed by atoms with van der Waals surface area (Å²) in [7, 11) is 0. The van der Waals surface area contributed by atoms with Gasteiger partial charge in [0.15, 0.2) is 0 Å². The zero-order chi connectivity index (χ0) is 20.3. The molecule has 1 atom stereocenters. The Morgan fingerprint density at radius 2 is 1.64 bits per heavy atom. The van der Waals surface area contributed by atoms with E-state index in [-0.39, 0.29) is 23.5 Å². The maximum Gasteiger partial charge on any atom is 0.321 e. The van der Waals surface area contributed by atoms with E-state index in [4.69, 9.17) is 0 Å². The van der Waals surface area contributed by atoms with Crippen LogP contribution in [0.3, 0.4) is 0 Å². The third-order valence-corrected chi connectivity index (χ3v) is 5.92. The van der Waals surface area contributed by atoms with Gasteiger partial charge in [-0.05, 0) is 45.0 Å². The number of amides is 3. The minimum absolute atomic E-state index is 0.0600. The molecule has 8 heteroatoms. The molecule has 3 rings (SSSR count). The first-order valence-electron chi connectivity index (χ1n) is 9.83. The van der Waals surface area contributed by atoms with Gasteiger partial charge in [0.05, 0.1) is 6.04 Å². The normalized spacial score (nSPS) is 21.5. The third-order valence-electron chi connectivity index (χ3n) is 5.40. The highest BCUT2D eigenvalue weighted by Gasteiger charge is 2.34. The summed E-state index contributed by atoms with van der Waals surface area (Å²) in [6, 6.07) is 7.21. The van der Waals surface area contributed by atoms with Crippen molar-refractivity contribution in [1.29, 1.82) is 0 Å². The fourth-order valence-electron chi connectivity index (χ4n) is 3.61. The van der Waals surface area contributed by atoms with Crippen LogP contribution < -0.4 is 10.6 Å². The molecule has 0 spiro atoms. The molecule has 0 bridgehead atoms. The lowest BCUT2D eigenvalue weighted by Crippen LogP contribution is -2.63. The largest absolute Gasteiger partial charge is 0.338 e. The highest BCUT2D eigenvalue weighted by molar-refractivity contribution is 9.10. The molecule has 2 aliphatic rings. The van der Waals surface area contributed by atoms with Gasteiger partial charge in [0.1, 0.15) is 0 Å². The predicted molar refractivity (Wildman–Crippen MR) is 114 cm³/mol. The summed E-state index contributed by atoms with van der Waals surface area (Å²) in [5, 5.41) is 6.27. The number of nitrogens with one attached hydrogen (secondary N) is 2. The maximum absolute atomic E-state index is 12.9. The monoisotopic (exact) mass is 451 g/mol. The lowest BCUT2D eigenvalue weighted by molar-refractivity contribution is -0.136. The van der Waals surface area contributed by atoms with E-state index in [1.54, 1.807) is 4.90 Å². The van der Waals surface area contributed by atoms with Crippen LogP contribution in [-0.2, 0) is 4.79 Å². The van der Waals surface area contributed by atoms with Crippen molar-refractivity contribution in [2.75, 3.05) is 51.1 Å². The number of anilines is 1. The molecule has 0 radical (unpaired) electrons. The van der Waals surface area contributed by atoms with Gasteiger partial charge in [-0.15, -0.1) is 0 Å². The number of carbonyl (C=O) groups is 2. The van der Waals surface area contributed by atoms with Gasteiger partial charge in [-0.25, -0.2) is 4.79 Å². The molecule has 0 unspecified atom stereocenters. The minimum Gasteiger partial charge on any atom is -0.338 e. The SMILES string of the molecule is CC(C)(C)N1CCN[C@@H](C(=O)N2CCN(C(=O)Nc3ccc(Br)cc3)CC2)C1. The van der Waals surface area contributed by atoms with Gasteiger partial charge in [-0.1, -0.05) is 15.9 Å². The third kappa shape index (κ3) is 5.24. The number of hydrogen-bond donors (Lipinski definition) is 2. The molecule has 0 aromatic heterocycles. The second-order valence-electron chi connectivity index (χ2n) is 8.37. The van der Waals surface area contributed by atoms with E-state index in [0.29, 0.717) is 26.2 Å². The predicted octanol–water partition coefficient (Wildman–Crippen LogP) is 2.20. The van der Waals surface area contributed by atoms with Crippen LogP contribution in [0.5, 0.6) is 0 Å². The van der Waals surface area contributed by atoms with Gasteiger partial charge in [0.2, 0.25) is 5.91 Å². The second-order valence-corrected chi connectivity index (χ2v) is 9.29. The molecule has 2 aliphatic heterocycles. The lowest BCUT2D eigenvalue weighted by Gasteiger charge is -2.43. The Morgan fingerprint density at radius 1 is 1.04 bits per heavy atom. The van der Waals surface area contributed by atoms with Gasteiger partial charge in [-0.3, -0.25) is 9.69 Å². The van der Waals surface area contributed by atoms with Gasteiger partial charge >= 0.3 is 6.03 Å². The summed E-state index contributed by atoms with van der Waals surface area (Å²) < 4.78 is 0.971. The molecule has 2 N–H and O–H groups in total. The van der Waals surface area contributed by atoms with Crippen molar-refractivity contribution in [3.63, 3.8) is 0 Å². The molecular weight excluding hydrogens is 422 g/mol. The van der Waals surface area contributed by atoms with E-state index < -0.39 is 0 Å². The minimum atomic E-state index is -0.170. The van der Waals surface area contributed by atoms with Crippen LogP contribution >= 0.6 is 15.9 Å². The van der Waals surface area contributed by atoms with Crippen molar-refractivity contribution in [2.24, 2.45) is 0 Å². The number of halogens is 1. The average Bonchev–Trinajstić information content (AvgIpc) is 2.69. The molecule has 0 aliphatic carbocycles. The van der Waals surface area contributed by atoms with E-state index >= 15 is 0 Å². The molecule has 2 saturated heterocycles. The van der Waals surface area contributed by atoms with Crippen molar-refractivity contribution in [3.8, 4) is 0 Å². The first-order chi connectivity index (χ1) is 13.2. The fraction of sp³-hybridized carbons (Fsp3) is 0.600. The number of carbonyl (C=O) groups excluding carboxylic acids is 2. The van der Waals surface area contributed by atoms with Crippen LogP contribution in [0.15, 0.2) is 28.7 Å². The summed E-state index contributed by atoms with van der Waals surface area (Å²) in [4.78, 5) is 31.4. The first kappa shape index (κ1) is 21.1. The molecule has 7 nitrogen and oxygen atoms in total. The number of hydrogen-bond acceptors (Lipinski definition) is 4. The molecule has 3 amide bonds. The van der Waals surface area contributed by atoms with Crippen LogP contribution in [0.4, 0.5) is 10.5 Å². The molecule has 154 valence electrons. The van der Waals surface area contributed by atoms with E-state index in [9.17, 15) is 9.59 Å². The number of benzene rings is 1. The molecule has 0 saturated carbocycles. The van der Waals surface area contributed by atoms with E-state index in [2.05, 4.69) is 52.2 Å². The summed E-state index contributed by atoms with van der Waals surface area (Å²) in [5.74, 6) is 0.141. The van der Waals surface area contributed by atoms with E-state index in [1.807, 2.05) is 29.2 Å². The average molecular weight is 452 g/mol. The van der Waals surface area contributed by atoms with Crippen molar-refractivity contribution in [3.05, 3.63) is 28.7 Å². The number of piperazine rings is 2. The number of urea groups is 1. The highest BCUT2D eigenvalue weighted by Crippen LogP contribution is 2.17. The van der Waals surface area contributed by atoms with Crippen LogP contribution in [0.25, 0.3) is 0 Å². The molecule has 1 aromatic carbocycles. The smallest absolute Gasteiger partial charge is 0.321 e. The molecule has 2 heterocycles. The standard InChI is InChI=1S/C20H30BrN5O2/c1-20(2,3)26-9-8-22-17(14-26)18(27)24-10-12-25(13-11-24)19(28)23-16-6-4-15(21)5-7-16/h4-7,17,22H,8-14H2,1-3H3,(H,23,28)/t17-/m1/s1. The molecule has 28 heavy (non-hydrogen) atoms. The zero-order valence-electron chi connectivity index (χ0n) is 16.9. The quantitative estimate of drug-likeness (QED) is 0.722. The summed E-state index contributed by atoms with van der Waals surface area (Å²) in [6.45, 7) is 11.3. The Labute approximate surface area is 175 Å². The van der Waals surface area contributed by atoms with E-state index in [0.717, 1.165) is 29.8 Å². The molecular formula is C20H30BrN5O2. The summed E-state index contributed by atoms with van der Waals surface area (Å²) in [5.41, 5.74) is 0.824. The molecule has 1 aromatic rings. The second kappa shape index (κ2) is 8.80. The maximum atomic E-state index is 12.9. The van der Waals surface area contributed by atoms with Crippen LogP contribution in [0, 0.1) is 0 Å². The van der Waals surface area contributed by atoms with Gasteiger partial charge in [0, 0.05) is 61.5 Å². The van der Waals surface area contributed by atoms with Crippen molar-refractivity contribution < 1.29 is 9.59 Å². The van der Waals surface area contributed by atoms with Crippen LogP contribution in [-0.4, -0.2) is 84.0 Å². The van der Waals surface area contributed by atoms with Gasteiger partial charge in [0.25, 0.3) is 0 Å². The van der Waals surface area contributed by atoms with Gasteiger partial charge in [-0.2, -0.15) is 0 Å². The lowest BCUT2D eigenvalue weighted by atomic mass is 10.0. The number of rotatable bonds is 2. The fourth-order valence-corrected chi connectivity index (χ4v) is 3.88. The van der Waals surface area contributed by atoms with Crippen LogP contribution in [0.2, 0.25) is 0 Å². The van der Waals surface area contributed by atoms with Crippen LogP contribution in [0.1, 0.15) is 20.8 Å². The Balaban J connectivity index is 1.49. The van der Waals surface area contributed by atoms with E-state index in [1.165, 1.54) is 0 Å². The zero-order valence-corrected chi connectivity index (χ0v) is 18.5. The number of nitrogens with zero attached hydrogens (tertiary/aromatic N) is 3. The Hall–Kier alpha value is -1.64. The topological polar surface area (TPSA) is 67.9 Å². The highest BCUT2D eigenvalue weighted by atomic mass is 79.9. The van der Waals surface area contributed by atoms with Crippen molar-refractivity contribution >= 4 is 33.6 Å². The van der Waals surface area contributed by atoms with Gasteiger partial charge < -0.3 is 20.4 Å². The summed E-state index contributed by atoms with van der Waals surface area (Å²) in [6.07, 6.45) is 0. The van der Waals surface area contributed by atoms with Crippen molar-refractivity contribution in [1.82, 2.24) is 20.0 Å². The first-order valence-corrected chi connectivity index (χ1v) is 10.6. The van der Waals surface area contributed by atoms with Crippen molar-refractivity contribution in [2.45, 2.75) is 32.4 Å². The Bertz CT molecular complexity index is 696.